The molecule has 0 radical (unpaired) electrons. The monoisotopic (exact) mass is 292 g/mol. The lowest BCUT2D eigenvalue weighted by Gasteiger charge is -2.09. The summed E-state index contributed by atoms with van der Waals surface area (Å²) in [7, 11) is 1.82. The summed E-state index contributed by atoms with van der Waals surface area (Å²) in [6, 6.07) is 8.14. The minimum atomic E-state index is 0.744. The molecule has 1 aromatic heterocycles. The summed E-state index contributed by atoms with van der Waals surface area (Å²) < 4.78 is 0.822. The number of halogens is 1. The molecule has 0 atom stereocenters. The van der Waals surface area contributed by atoms with Crippen molar-refractivity contribution in [3.63, 3.8) is 0 Å². The molecule has 0 aliphatic heterocycles. The summed E-state index contributed by atoms with van der Waals surface area (Å²) >= 11 is 3.46. The molecular formula is C12H13BrN4. The van der Waals surface area contributed by atoms with E-state index in [1.165, 1.54) is 11.9 Å². The Hall–Kier alpha value is -1.62. The van der Waals surface area contributed by atoms with Crippen molar-refractivity contribution in [1.29, 1.82) is 0 Å². The Morgan fingerprint density at radius 2 is 1.71 bits per heavy atom. The standard InChI is InChI=1S/C12H13BrN4/c1-8-3-5-9(6-4-8)17-12-10(13)11(14-2)15-7-16-12/h3-7H,1-2H3,(H2,14,15,16,17). The fourth-order valence-electron chi connectivity index (χ4n) is 1.40. The highest BCUT2D eigenvalue weighted by atomic mass is 79.9. The molecule has 1 heterocycles. The molecule has 0 saturated carbocycles. The minimum absolute atomic E-state index is 0.744. The van der Waals surface area contributed by atoms with E-state index in [1.807, 2.05) is 19.2 Å². The predicted molar refractivity (Wildman–Crippen MR) is 73.7 cm³/mol. The highest BCUT2D eigenvalue weighted by Gasteiger charge is 2.07. The third-order valence-corrected chi connectivity index (χ3v) is 3.09. The van der Waals surface area contributed by atoms with Gasteiger partial charge in [-0.1, -0.05) is 17.7 Å². The third-order valence-electron chi connectivity index (χ3n) is 2.34. The molecule has 2 aromatic rings. The second-order valence-electron chi connectivity index (χ2n) is 3.63. The molecule has 88 valence electrons. The Labute approximate surface area is 109 Å². The van der Waals surface area contributed by atoms with Gasteiger partial charge in [0.15, 0.2) is 0 Å². The van der Waals surface area contributed by atoms with Crippen LogP contribution in [-0.2, 0) is 0 Å². The number of hydrogen-bond acceptors (Lipinski definition) is 4. The van der Waals surface area contributed by atoms with E-state index in [-0.39, 0.29) is 0 Å². The number of benzene rings is 1. The van der Waals surface area contributed by atoms with Crippen LogP contribution in [-0.4, -0.2) is 17.0 Å². The smallest absolute Gasteiger partial charge is 0.150 e. The molecule has 5 heteroatoms. The van der Waals surface area contributed by atoms with E-state index in [1.54, 1.807) is 0 Å². The van der Waals surface area contributed by atoms with E-state index in [0.717, 1.165) is 21.8 Å². The zero-order valence-corrected chi connectivity index (χ0v) is 11.2. The first-order valence-corrected chi connectivity index (χ1v) is 6.02. The van der Waals surface area contributed by atoms with Crippen molar-refractivity contribution in [3.05, 3.63) is 40.6 Å². The molecule has 0 bridgehead atoms. The van der Waals surface area contributed by atoms with Gasteiger partial charge in [-0.05, 0) is 35.0 Å². The normalized spacial score (nSPS) is 10.1. The average Bonchev–Trinajstić information content (AvgIpc) is 2.35. The van der Waals surface area contributed by atoms with Crippen molar-refractivity contribution < 1.29 is 0 Å². The highest BCUT2D eigenvalue weighted by Crippen LogP contribution is 2.28. The van der Waals surface area contributed by atoms with Crippen molar-refractivity contribution in [2.45, 2.75) is 6.92 Å². The molecule has 0 amide bonds. The maximum Gasteiger partial charge on any atom is 0.150 e. The first kappa shape index (κ1) is 11.9. The topological polar surface area (TPSA) is 49.8 Å². The van der Waals surface area contributed by atoms with Gasteiger partial charge in [-0.2, -0.15) is 0 Å². The summed E-state index contributed by atoms with van der Waals surface area (Å²) in [5.41, 5.74) is 2.23. The summed E-state index contributed by atoms with van der Waals surface area (Å²) in [6.07, 6.45) is 1.52. The summed E-state index contributed by atoms with van der Waals surface area (Å²) in [5.74, 6) is 1.50. The van der Waals surface area contributed by atoms with Gasteiger partial charge in [-0.25, -0.2) is 9.97 Å². The SMILES string of the molecule is CNc1ncnc(Nc2ccc(C)cc2)c1Br. The Kier molecular flexibility index (Phi) is 3.58. The van der Waals surface area contributed by atoms with Gasteiger partial charge in [0.2, 0.25) is 0 Å². The van der Waals surface area contributed by atoms with E-state index in [0.29, 0.717) is 0 Å². The predicted octanol–water partition coefficient (Wildman–Crippen LogP) is 3.33. The lowest BCUT2D eigenvalue weighted by atomic mass is 10.2. The Bertz CT molecular complexity index is 510. The zero-order chi connectivity index (χ0) is 12.3. The second-order valence-corrected chi connectivity index (χ2v) is 4.42. The molecule has 17 heavy (non-hydrogen) atoms. The first-order chi connectivity index (χ1) is 8.20. The minimum Gasteiger partial charge on any atom is -0.372 e. The van der Waals surface area contributed by atoms with Crippen molar-refractivity contribution >= 4 is 33.3 Å². The van der Waals surface area contributed by atoms with Gasteiger partial charge >= 0.3 is 0 Å². The molecule has 0 spiro atoms. The van der Waals surface area contributed by atoms with Gasteiger partial charge in [0.25, 0.3) is 0 Å². The van der Waals surface area contributed by atoms with Gasteiger partial charge in [-0.15, -0.1) is 0 Å². The number of hydrogen-bond donors (Lipinski definition) is 2. The Balaban J connectivity index is 2.27. The van der Waals surface area contributed by atoms with Crippen molar-refractivity contribution in [2.24, 2.45) is 0 Å². The molecule has 4 nitrogen and oxygen atoms in total. The number of rotatable bonds is 3. The van der Waals surface area contributed by atoms with Crippen LogP contribution in [0.4, 0.5) is 17.3 Å². The van der Waals surface area contributed by atoms with Crippen molar-refractivity contribution in [3.8, 4) is 0 Å². The van der Waals surface area contributed by atoms with Crippen LogP contribution >= 0.6 is 15.9 Å². The van der Waals surface area contributed by atoms with Crippen LogP contribution in [0.1, 0.15) is 5.56 Å². The summed E-state index contributed by atoms with van der Waals surface area (Å²) in [5, 5.41) is 6.23. The molecule has 0 fully saturated rings. The highest BCUT2D eigenvalue weighted by molar-refractivity contribution is 9.10. The maximum atomic E-state index is 4.20. The van der Waals surface area contributed by atoms with Gasteiger partial charge in [-0.3, -0.25) is 0 Å². The summed E-state index contributed by atoms with van der Waals surface area (Å²) in [6.45, 7) is 2.06. The van der Waals surface area contributed by atoms with Gasteiger partial charge in [0.05, 0.1) is 0 Å². The molecule has 0 saturated heterocycles. The van der Waals surface area contributed by atoms with Crippen molar-refractivity contribution in [1.82, 2.24) is 9.97 Å². The van der Waals surface area contributed by atoms with Gasteiger partial charge in [0, 0.05) is 12.7 Å². The maximum absolute atomic E-state index is 4.20. The van der Waals surface area contributed by atoms with Crippen LogP contribution in [0.3, 0.4) is 0 Å². The van der Waals surface area contributed by atoms with Gasteiger partial charge < -0.3 is 10.6 Å². The van der Waals surface area contributed by atoms with Crippen molar-refractivity contribution in [2.75, 3.05) is 17.7 Å². The Morgan fingerprint density at radius 1 is 1.06 bits per heavy atom. The number of aromatic nitrogens is 2. The van der Waals surface area contributed by atoms with Crippen LogP contribution in [0.2, 0.25) is 0 Å². The zero-order valence-electron chi connectivity index (χ0n) is 9.66. The first-order valence-electron chi connectivity index (χ1n) is 5.22. The number of anilines is 3. The number of nitrogens with zero attached hydrogens (tertiary/aromatic N) is 2. The van der Waals surface area contributed by atoms with Crippen LogP contribution < -0.4 is 10.6 Å². The molecule has 2 rings (SSSR count). The third kappa shape index (κ3) is 2.74. The average molecular weight is 293 g/mol. The largest absolute Gasteiger partial charge is 0.372 e. The fourth-order valence-corrected chi connectivity index (χ4v) is 1.91. The van der Waals surface area contributed by atoms with Crippen LogP contribution in [0.25, 0.3) is 0 Å². The Morgan fingerprint density at radius 3 is 2.35 bits per heavy atom. The van der Waals surface area contributed by atoms with E-state index in [4.69, 9.17) is 0 Å². The van der Waals surface area contributed by atoms with E-state index < -0.39 is 0 Å². The number of nitrogens with one attached hydrogen (secondary N) is 2. The molecule has 0 unspecified atom stereocenters. The van der Waals surface area contributed by atoms with Crippen LogP contribution in [0, 0.1) is 6.92 Å². The molecule has 2 N–H and O–H groups in total. The van der Waals surface area contributed by atoms with Gasteiger partial charge in [0.1, 0.15) is 22.4 Å². The molecule has 0 aliphatic carbocycles. The van der Waals surface area contributed by atoms with Crippen LogP contribution in [0.15, 0.2) is 35.1 Å². The molecule has 1 aromatic carbocycles. The fraction of sp³-hybridized carbons (Fsp3) is 0.167. The van der Waals surface area contributed by atoms with E-state index in [9.17, 15) is 0 Å². The quantitative estimate of drug-likeness (QED) is 0.911. The van der Waals surface area contributed by atoms with E-state index in [2.05, 4.69) is 55.6 Å². The van der Waals surface area contributed by atoms with Crippen LogP contribution in [0.5, 0.6) is 0 Å². The summed E-state index contributed by atoms with van der Waals surface area (Å²) in [4.78, 5) is 8.30. The number of aryl methyl sites for hydroxylation is 1. The van der Waals surface area contributed by atoms with E-state index >= 15 is 0 Å². The lowest BCUT2D eigenvalue weighted by Crippen LogP contribution is -2.00. The lowest BCUT2D eigenvalue weighted by molar-refractivity contribution is 1.14. The second kappa shape index (κ2) is 5.14. The molecular weight excluding hydrogens is 280 g/mol. The molecule has 0 aliphatic rings.